The summed E-state index contributed by atoms with van der Waals surface area (Å²) in [6.45, 7) is 2.98. The van der Waals surface area contributed by atoms with Crippen LogP contribution in [-0.2, 0) is 4.79 Å². The van der Waals surface area contributed by atoms with Crippen molar-refractivity contribution in [3.8, 4) is 17.3 Å². The minimum absolute atomic E-state index is 0.0769. The van der Waals surface area contributed by atoms with Crippen LogP contribution in [0.3, 0.4) is 0 Å². The van der Waals surface area contributed by atoms with E-state index in [2.05, 4.69) is 21.7 Å². The van der Waals surface area contributed by atoms with Crippen molar-refractivity contribution in [3.05, 3.63) is 30.2 Å². The summed E-state index contributed by atoms with van der Waals surface area (Å²) in [7, 11) is 0. The molecule has 7 nitrogen and oxygen atoms in total. The largest absolute Gasteiger partial charge is 0.361 e. The summed E-state index contributed by atoms with van der Waals surface area (Å²) in [5.74, 6) is 0.523. The first-order valence-electron chi connectivity index (χ1n) is 7.92. The van der Waals surface area contributed by atoms with Crippen molar-refractivity contribution in [2.75, 3.05) is 18.4 Å². The van der Waals surface area contributed by atoms with Gasteiger partial charge in [0, 0.05) is 18.7 Å². The molecule has 1 atom stereocenters. The molecule has 0 spiro atoms. The molecule has 126 valence electrons. The molecule has 1 aliphatic rings. The number of anilines is 1. The highest BCUT2D eigenvalue weighted by Crippen LogP contribution is 2.32. The average Bonchev–Trinajstić information content (AvgIpc) is 3.32. The molecule has 1 amide bonds. The highest BCUT2D eigenvalue weighted by Gasteiger charge is 2.28. The number of aryl methyl sites for hydroxylation is 1. The predicted molar refractivity (Wildman–Crippen MR) is 93.8 cm³/mol. The summed E-state index contributed by atoms with van der Waals surface area (Å²) in [4.78, 5) is 18.4. The van der Waals surface area contributed by atoms with E-state index in [0.29, 0.717) is 24.6 Å². The number of carbonyl (C=O) groups is 1. The quantitative estimate of drug-likeness (QED) is 0.727. The van der Waals surface area contributed by atoms with E-state index < -0.39 is 0 Å². The molecule has 25 heavy (non-hydrogen) atoms. The molecule has 3 aromatic rings. The van der Waals surface area contributed by atoms with Crippen LogP contribution in [0.5, 0.6) is 0 Å². The second-order valence-electron chi connectivity index (χ2n) is 6.02. The van der Waals surface area contributed by atoms with E-state index in [1.807, 2.05) is 25.1 Å². The molecule has 0 bridgehead atoms. The first kappa shape index (κ1) is 15.6. The van der Waals surface area contributed by atoms with E-state index in [0.717, 1.165) is 27.1 Å². The number of likely N-dealkylation sites (tertiary alicyclic amines) is 1. The average molecular weight is 353 g/mol. The van der Waals surface area contributed by atoms with Gasteiger partial charge < -0.3 is 14.7 Å². The van der Waals surface area contributed by atoms with Crippen LogP contribution in [-0.4, -0.2) is 34.0 Å². The Morgan fingerprint density at radius 2 is 2.40 bits per heavy atom. The maximum Gasteiger partial charge on any atom is 0.231 e. The summed E-state index contributed by atoms with van der Waals surface area (Å²) >= 11 is 1.44. The number of nitrogens with one attached hydrogen (secondary N) is 1. The minimum atomic E-state index is -0.165. The summed E-state index contributed by atoms with van der Waals surface area (Å²) < 4.78 is 6.10. The lowest BCUT2D eigenvalue weighted by atomic mass is 10.1. The molecular formula is C17H15N5O2S. The van der Waals surface area contributed by atoms with Gasteiger partial charge in [0.25, 0.3) is 0 Å². The lowest BCUT2D eigenvalue weighted by Gasteiger charge is -2.08. The van der Waals surface area contributed by atoms with E-state index >= 15 is 0 Å². The number of rotatable bonds is 3. The van der Waals surface area contributed by atoms with Gasteiger partial charge in [-0.05, 0) is 31.0 Å². The fraction of sp³-hybridized carbons (Fsp3) is 0.294. The number of hydrogen-bond acceptors (Lipinski definition) is 7. The number of thiazole rings is 1. The van der Waals surface area contributed by atoms with Crippen LogP contribution in [0.25, 0.3) is 21.3 Å². The topological polar surface area (TPSA) is 95.1 Å². The van der Waals surface area contributed by atoms with Crippen molar-refractivity contribution in [2.45, 2.75) is 13.3 Å². The predicted octanol–water partition coefficient (Wildman–Crippen LogP) is 3.00. The van der Waals surface area contributed by atoms with Crippen LogP contribution in [0.4, 0.5) is 5.13 Å². The zero-order valence-corrected chi connectivity index (χ0v) is 14.3. The number of benzene rings is 1. The Kier molecular flexibility index (Phi) is 3.86. The van der Waals surface area contributed by atoms with Gasteiger partial charge in [-0.25, -0.2) is 4.98 Å². The number of aromatic nitrogens is 2. The molecule has 3 heterocycles. The van der Waals surface area contributed by atoms with Crippen LogP contribution in [0.2, 0.25) is 0 Å². The Bertz CT molecular complexity index is 986. The fourth-order valence-electron chi connectivity index (χ4n) is 2.99. The molecular weight excluding hydrogens is 338 g/mol. The smallest absolute Gasteiger partial charge is 0.231 e. The Labute approximate surface area is 147 Å². The summed E-state index contributed by atoms with van der Waals surface area (Å²) in [5, 5.41) is 16.2. The van der Waals surface area contributed by atoms with E-state index in [4.69, 9.17) is 9.78 Å². The maximum atomic E-state index is 12.4. The minimum Gasteiger partial charge on any atom is -0.361 e. The molecule has 1 N–H and O–H groups in total. The molecule has 0 radical (unpaired) electrons. The fourth-order valence-corrected chi connectivity index (χ4v) is 3.90. The van der Waals surface area contributed by atoms with E-state index in [-0.39, 0.29) is 11.8 Å². The molecule has 1 saturated heterocycles. The maximum absolute atomic E-state index is 12.4. The Morgan fingerprint density at radius 3 is 3.12 bits per heavy atom. The van der Waals surface area contributed by atoms with Crippen LogP contribution >= 0.6 is 11.3 Å². The van der Waals surface area contributed by atoms with Gasteiger partial charge in [0.15, 0.2) is 11.3 Å². The summed E-state index contributed by atoms with van der Waals surface area (Å²) in [5.41, 5.74) is 2.79. The van der Waals surface area contributed by atoms with Gasteiger partial charge in [0.2, 0.25) is 5.91 Å². The Morgan fingerprint density at radius 1 is 1.52 bits per heavy atom. The Hall–Kier alpha value is -2.92. The third-order valence-corrected chi connectivity index (χ3v) is 5.31. The number of carbonyl (C=O) groups excluding carboxylic acids is 1. The molecule has 1 fully saturated rings. The van der Waals surface area contributed by atoms with E-state index in [9.17, 15) is 4.79 Å². The third-order valence-electron chi connectivity index (χ3n) is 4.38. The van der Waals surface area contributed by atoms with Gasteiger partial charge in [-0.3, -0.25) is 4.79 Å². The molecule has 1 aliphatic heterocycles. The SMILES string of the molecule is Cc1oncc1-c1ccc2nc(NC(=O)C3CCN(C#N)C3)sc2c1. The molecule has 0 aliphatic carbocycles. The van der Waals surface area contributed by atoms with Crippen molar-refractivity contribution in [2.24, 2.45) is 5.92 Å². The zero-order valence-electron chi connectivity index (χ0n) is 13.5. The van der Waals surface area contributed by atoms with Gasteiger partial charge in [-0.15, -0.1) is 0 Å². The van der Waals surface area contributed by atoms with Crippen molar-refractivity contribution < 1.29 is 9.32 Å². The first-order valence-corrected chi connectivity index (χ1v) is 8.73. The van der Waals surface area contributed by atoms with Gasteiger partial charge in [-0.2, -0.15) is 5.26 Å². The highest BCUT2D eigenvalue weighted by molar-refractivity contribution is 7.22. The van der Waals surface area contributed by atoms with Crippen molar-refractivity contribution >= 4 is 32.6 Å². The van der Waals surface area contributed by atoms with Crippen LogP contribution in [0, 0.1) is 24.3 Å². The van der Waals surface area contributed by atoms with Gasteiger partial charge >= 0.3 is 0 Å². The van der Waals surface area contributed by atoms with Crippen molar-refractivity contribution in [1.82, 2.24) is 15.0 Å². The standard InChI is InChI=1S/C17H15N5O2S/c1-10-13(7-19-24-10)11-2-3-14-15(6-11)25-17(20-14)21-16(23)12-4-5-22(8-12)9-18/h2-3,6-7,12H,4-5,8H2,1H3,(H,20,21,23). The van der Waals surface area contributed by atoms with Crippen molar-refractivity contribution in [1.29, 1.82) is 5.26 Å². The molecule has 0 saturated carbocycles. The normalized spacial score (nSPS) is 17.0. The molecule has 2 aromatic heterocycles. The second kappa shape index (κ2) is 6.18. The number of nitrogens with zero attached hydrogens (tertiary/aromatic N) is 4. The number of hydrogen-bond donors (Lipinski definition) is 1. The van der Waals surface area contributed by atoms with Crippen LogP contribution < -0.4 is 5.32 Å². The number of nitriles is 1. The van der Waals surface area contributed by atoms with Gasteiger partial charge in [0.05, 0.1) is 22.3 Å². The lowest BCUT2D eigenvalue weighted by molar-refractivity contribution is -0.119. The summed E-state index contributed by atoms with van der Waals surface area (Å²) in [6.07, 6.45) is 4.48. The third kappa shape index (κ3) is 2.94. The van der Waals surface area contributed by atoms with E-state index in [1.165, 1.54) is 11.3 Å². The highest BCUT2D eigenvalue weighted by atomic mass is 32.1. The number of fused-ring (bicyclic) bond motifs is 1. The molecule has 1 unspecified atom stereocenters. The van der Waals surface area contributed by atoms with Gasteiger partial charge in [0.1, 0.15) is 5.76 Å². The zero-order chi connectivity index (χ0) is 17.4. The van der Waals surface area contributed by atoms with Gasteiger partial charge in [-0.1, -0.05) is 22.6 Å². The van der Waals surface area contributed by atoms with Crippen molar-refractivity contribution in [3.63, 3.8) is 0 Å². The lowest BCUT2D eigenvalue weighted by Crippen LogP contribution is -2.25. The van der Waals surface area contributed by atoms with E-state index in [1.54, 1.807) is 11.1 Å². The van der Waals surface area contributed by atoms with Crippen LogP contribution in [0.15, 0.2) is 28.9 Å². The summed E-state index contributed by atoms with van der Waals surface area (Å²) in [6, 6.07) is 5.92. The molecule has 8 heteroatoms. The second-order valence-corrected chi connectivity index (χ2v) is 7.05. The molecule has 1 aromatic carbocycles. The first-order chi connectivity index (χ1) is 12.1. The van der Waals surface area contributed by atoms with Crippen LogP contribution in [0.1, 0.15) is 12.2 Å². The molecule has 4 rings (SSSR count). The Balaban J connectivity index is 1.54. The number of amides is 1. The monoisotopic (exact) mass is 353 g/mol.